The fourth-order valence-corrected chi connectivity index (χ4v) is 3.27. The number of piperidine rings is 1. The Morgan fingerprint density at radius 2 is 1.93 bits per heavy atom. The van der Waals surface area contributed by atoms with Crippen molar-refractivity contribution in [2.75, 3.05) is 33.3 Å². The van der Waals surface area contributed by atoms with E-state index in [0.29, 0.717) is 36.0 Å². The zero-order valence-corrected chi connectivity index (χ0v) is 15.9. The van der Waals surface area contributed by atoms with E-state index in [1.165, 1.54) is 24.3 Å². The van der Waals surface area contributed by atoms with Crippen LogP contribution in [0, 0.1) is 11.7 Å². The van der Waals surface area contributed by atoms with Gasteiger partial charge in [-0.2, -0.15) is 0 Å². The first-order valence-electron chi connectivity index (χ1n) is 9.34. The van der Waals surface area contributed by atoms with Crippen molar-refractivity contribution in [3.8, 4) is 5.75 Å². The molecule has 0 bridgehead atoms. The van der Waals surface area contributed by atoms with Crippen LogP contribution in [0.3, 0.4) is 0 Å². The van der Waals surface area contributed by atoms with E-state index in [1.807, 2.05) is 0 Å². The summed E-state index contributed by atoms with van der Waals surface area (Å²) in [5.41, 5.74) is 0.864. The fraction of sp³-hybridized carbons (Fsp3) is 0.381. The molecule has 1 aromatic carbocycles. The summed E-state index contributed by atoms with van der Waals surface area (Å²) in [6.45, 7) is 2.51. The third-order valence-corrected chi connectivity index (χ3v) is 4.99. The van der Waals surface area contributed by atoms with Gasteiger partial charge < -0.3 is 10.1 Å². The zero-order valence-electron chi connectivity index (χ0n) is 15.9. The van der Waals surface area contributed by atoms with Crippen molar-refractivity contribution in [3.63, 3.8) is 0 Å². The van der Waals surface area contributed by atoms with E-state index in [-0.39, 0.29) is 17.5 Å². The van der Waals surface area contributed by atoms with Crippen molar-refractivity contribution in [3.05, 3.63) is 59.7 Å². The van der Waals surface area contributed by atoms with E-state index >= 15 is 0 Å². The topological polar surface area (TPSA) is 71.5 Å². The summed E-state index contributed by atoms with van der Waals surface area (Å²) in [6, 6.07) is 8.95. The number of carbonyl (C=O) groups is 2. The smallest absolute Gasteiger partial charge is 0.270 e. The van der Waals surface area contributed by atoms with E-state index in [4.69, 9.17) is 4.74 Å². The first-order valence-corrected chi connectivity index (χ1v) is 9.34. The van der Waals surface area contributed by atoms with Gasteiger partial charge in [0.2, 0.25) is 0 Å². The summed E-state index contributed by atoms with van der Waals surface area (Å²) in [7, 11) is 1.55. The Labute approximate surface area is 163 Å². The van der Waals surface area contributed by atoms with Gasteiger partial charge >= 0.3 is 0 Å². The maximum atomic E-state index is 13.0. The molecule has 0 aliphatic carbocycles. The first kappa shape index (κ1) is 19.9. The minimum atomic E-state index is -0.344. The highest BCUT2D eigenvalue weighted by molar-refractivity contribution is 5.97. The number of rotatable bonds is 7. The summed E-state index contributed by atoms with van der Waals surface area (Å²) in [4.78, 5) is 30.7. The van der Waals surface area contributed by atoms with Crippen molar-refractivity contribution in [2.45, 2.75) is 12.8 Å². The number of Topliss-reactive ketones (excluding diaryl/α,β-unsaturated/α-hetero) is 1. The second kappa shape index (κ2) is 9.41. The molecule has 3 rings (SSSR count). The minimum absolute atomic E-state index is 0.00384. The van der Waals surface area contributed by atoms with Crippen molar-refractivity contribution < 1.29 is 18.7 Å². The highest BCUT2D eigenvalue weighted by Crippen LogP contribution is 2.17. The molecule has 0 radical (unpaired) electrons. The molecule has 0 atom stereocenters. The molecule has 0 unspecified atom stereocenters. The molecule has 148 valence electrons. The van der Waals surface area contributed by atoms with Gasteiger partial charge in [-0.1, -0.05) is 0 Å². The molecule has 28 heavy (non-hydrogen) atoms. The molecular formula is C21H24FN3O3. The number of aromatic nitrogens is 1. The Morgan fingerprint density at radius 3 is 2.61 bits per heavy atom. The largest absolute Gasteiger partial charge is 0.497 e. The predicted octanol–water partition coefficient (Wildman–Crippen LogP) is 2.55. The summed E-state index contributed by atoms with van der Waals surface area (Å²) >= 11 is 0. The lowest BCUT2D eigenvalue weighted by atomic mass is 9.96. The van der Waals surface area contributed by atoms with Gasteiger partial charge in [0.05, 0.1) is 13.7 Å². The molecule has 2 aromatic rings. The number of likely N-dealkylation sites (tertiary alicyclic amines) is 1. The van der Waals surface area contributed by atoms with Crippen LogP contribution >= 0.6 is 0 Å². The molecule has 1 aromatic heterocycles. The monoisotopic (exact) mass is 385 g/mol. The van der Waals surface area contributed by atoms with Crippen molar-refractivity contribution in [2.24, 2.45) is 5.92 Å². The molecule has 1 saturated heterocycles. The molecule has 7 heteroatoms. The number of nitrogens with zero attached hydrogens (tertiary/aromatic N) is 2. The summed E-state index contributed by atoms with van der Waals surface area (Å²) in [5, 5.41) is 2.93. The zero-order chi connectivity index (χ0) is 19.9. The third-order valence-electron chi connectivity index (χ3n) is 4.99. The van der Waals surface area contributed by atoms with Gasteiger partial charge in [0.15, 0.2) is 5.78 Å². The molecule has 2 heterocycles. The maximum Gasteiger partial charge on any atom is 0.270 e. The number of amides is 1. The molecule has 1 fully saturated rings. The van der Waals surface area contributed by atoms with E-state index in [9.17, 15) is 14.0 Å². The highest BCUT2D eigenvalue weighted by atomic mass is 19.1. The molecule has 1 amide bonds. The van der Waals surface area contributed by atoms with Crippen LogP contribution in [0.15, 0.2) is 42.6 Å². The van der Waals surface area contributed by atoms with E-state index in [1.54, 1.807) is 25.4 Å². The van der Waals surface area contributed by atoms with Gasteiger partial charge in [0, 0.05) is 24.4 Å². The Bertz CT molecular complexity index is 818. The standard InChI is InChI=1S/C21H24FN3O3/c1-28-18-6-9-23-19(12-18)21(27)24-13-15-7-10-25(11-8-15)14-20(26)16-2-4-17(22)5-3-16/h2-6,9,12,15H,7-8,10-11,13-14H2,1H3,(H,24,27). The fourth-order valence-electron chi connectivity index (χ4n) is 3.27. The van der Waals surface area contributed by atoms with Crippen molar-refractivity contribution in [1.82, 2.24) is 15.2 Å². The number of benzene rings is 1. The van der Waals surface area contributed by atoms with Crippen LogP contribution in [-0.4, -0.2) is 54.9 Å². The lowest BCUT2D eigenvalue weighted by Crippen LogP contribution is -2.40. The third kappa shape index (κ3) is 5.36. The number of pyridine rings is 1. The van der Waals surface area contributed by atoms with Crippen LogP contribution in [0.2, 0.25) is 0 Å². The van der Waals surface area contributed by atoms with Gasteiger partial charge in [-0.15, -0.1) is 0 Å². The molecule has 1 N–H and O–H groups in total. The van der Waals surface area contributed by atoms with Gasteiger partial charge in [0.1, 0.15) is 17.3 Å². The minimum Gasteiger partial charge on any atom is -0.497 e. The average molecular weight is 385 g/mol. The quantitative estimate of drug-likeness (QED) is 0.742. The average Bonchev–Trinajstić information content (AvgIpc) is 2.73. The van der Waals surface area contributed by atoms with Crippen LogP contribution in [0.4, 0.5) is 4.39 Å². The summed E-state index contributed by atoms with van der Waals surface area (Å²) in [5.74, 6) is 0.401. The van der Waals surface area contributed by atoms with E-state index in [0.717, 1.165) is 25.9 Å². The number of methoxy groups -OCH3 is 1. The number of hydrogen-bond donors (Lipinski definition) is 1. The van der Waals surface area contributed by atoms with Gasteiger partial charge in [-0.25, -0.2) is 4.39 Å². The van der Waals surface area contributed by atoms with Gasteiger partial charge in [-0.3, -0.25) is 19.5 Å². The molecular weight excluding hydrogens is 361 g/mol. The second-order valence-corrected chi connectivity index (χ2v) is 6.94. The Morgan fingerprint density at radius 1 is 1.21 bits per heavy atom. The predicted molar refractivity (Wildman–Crippen MR) is 103 cm³/mol. The molecule has 0 spiro atoms. The SMILES string of the molecule is COc1ccnc(C(=O)NCC2CCN(CC(=O)c3ccc(F)cc3)CC2)c1. The first-order chi connectivity index (χ1) is 13.5. The maximum absolute atomic E-state index is 13.0. The van der Waals surface area contributed by atoms with Gasteiger partial charge in [0.25, 0.3) is 5.91 Å². The number of ketones is 1. The second-order valence-electron chi connectivity index (χ2n) is 6.94. The van der Waals surface area contributed by atoms with Crippen LogP contribution in [0.25, 0.3) is 0 Å². The van der Waals surface area contributed by atoms with E-state index < -0.39 is 0 Å². The summed E-state index contributed by atoms with van der Waals surface area (Å²) in [6.07, 6.45) is 3.36. The summed E-state index contributed by atoms with van der Waals surface area (Å²) < 4.78 is 18.1. The Balaban J connectivity index is 1.42. The van der Waals surface area contributed by atoms with Crippen LogP contribution < -0.4 is 10.1 Å². The molecule has 0 saturated carbocycles. The number of nitrogens with one attached hydrogen (secondary N) is 1. The lowest BCUT2D eigenvalue weighted by Gasteiger charge is -2.31. The van der Waals surface area contributed by atoms with E-state index in [2.05, 4.69) is 15.2 Å². The lowest BCUT2D eigenvalue weighted by molar-refractivity contribution is 0.0886. The van der Waals surface area contributed by atoms with Crippen molar-refractivity contribution in [1.29, 1.82) is 0 Å². The Hall–Kier alpha value is -2.80. The molecule has 6 nitrogen and oxygen atoms in total. The normalized spacial score (nSPS) is 15.2. The number of carbonyl (C=O) groups excluding carboxylic acids is 2. The number of halogens is 1. The Kier molecular flexibility index (Phi) is 6.71. The van der Waals surface area contributed by atoms with Crippen LogP contribution in [0.5, 0.6) is 5.75 Å². The van der Waals surface area contributed by atoms with Gasteiger partial charge in [-0.05, 0) is 62.2 Å². The van der Waals surface area contributed by atoms with Crippen molar-refractivity contribution >= 4 is 11.7 Å². The number of ether oxygens (including phenoxy) is 1. The molecule has 1 aliphatic rings. The molecule has 1 aliphatic heterocycles. The highest BCUT2D eigenvalue weighted by Gasteiger charge is 2.22. The van der Waals surface area contributed by atoms with Crippen LogP contribution in [-0.2, 0) is 0 Å². The number of hydrogen-bond acceptors (Lipinski definition) is 5. The van der Waals surface area contributed by atoms with Crippen LogP contribution in [0.1, 0.15) is 33.7 Å².